The van der Waals surface area contributed by atoms with Crippen molar-refractivity contribution in [3.05, 3.63) is 0 Å². The maximum absolute atomic E-state index is 9.06. The van der Waals surface area contributed by atoms with Crippen molar-refractivity contribution in [1.29, 1.82) is 0 Å². The van der Waals surface area contributed by atoms with Crippen molar-refractivity contribution in [2.75, 3.05) is 45.9 Å². The molecule has 7 nitrogen and oxygen atoms in total. The molecule has 0 saturated heterocycles. The lowest BCUT2D eigenvalue weighted by molar-refractivity contribution is 0.0503. The Labute approximate surface area is 143 Å². The van der Waals surface area contributed by atoms with Gasteiger partial charge in [0.25, 0.3) is 0 Å². The predicted octanol–water partition coefficient (Wildman–Crippen LogP) is 2.23. The topological polar surface area (TPSA) is 75.6 Å². The number of rotatable bonds is 13. The zero-order chi connectivity index (χ0) is 18.2. The second-order valence-electron chi connectivity index (χ2n) is 4.30. The van der Waals surface area contributed by atoms with Crippen molar-refractivity contribution < 1.29 is 31.7 Å². The van der Waals surface area contributed by atoms with Crippen LogP contribution in [-0.2, 0) is 26.6 Å². The van der Waals surface area contributed by atoms with Crippen LogP contribution in [0.2, 0.25) is 6.55 Å². The monoisotopic (exact) mass is 372 g/mol. The fourth-order valence-electron chi connectivity index (χ4n) is 1.83. The van der Waals surface area contributed by atoms with Crippen molar-refractivity contribution >= 4 is 17.6 Å². The van der Waals surface area contributed by atoms with Gasteiger partial charge in [-0.05, 0) is 41.5 Å². The predicted molar refractivity (Wildman–Crippen MR) is 94.2 cm³/mol. The molecule has 0 atom stereocenters. The third-order valence-electron chi connectivity index (χ3n) is 2.51. The van der Waals surface area contributed by atoms with E-state index in [1.165, 1.54) is 0 Å². The van der Waals surface area contributed by atoms with Crippen molar-refractivity contribution in [2.24, 2.45) is 0 Å². The largest absolute Gasteiger partial charge is 0.527 e. The van der Waals surface area contributed by atoms with E-state index in [2.05, 4.69) is 0 Å². The summed E-state index contributed by atoms with van der Waals surface area (Å²) >= 11 is 0. The molecule has 0 spiro atoms. The van der Waals surface area contributed by atoms with E-state index in [1.807, 2.05) is 48.1 Å². The third-order valence-corrected chi connectivity index (χ3v) is 7.52. The highest BCUT2D eigenvalue weighted by Crippen LogP contribution is 2.09. The highest BCUT2D eigenvalue weighted by atomic mass is 28.4. The summed E-state index contributed by atoms with van der Waals surface area (Å²) in [7, 11) is -4.96. The SMILES string of the molecule is CCO[Si](C)(OCC)OCC.CCO[Si](CO)(OCC)OCC. The number of aliphatic hydroxyl groups is 1. The second kappa shape index (κ2) is 15.7. The molecule has 0 rings (SSSR count). The molecule has 0 radical (unpaired) electrons. The Morgan fingerprint density at radius 2 is 0.826 bits per heavy atom. The molecule has 0 heterocycles. The van der Waals surface area contributed by atoms with Gasteiger partial charge < -0.3 is 31.7 Å². The van der Waals surface area contributed by atoms with Crippen LogP contribution in [0, 0.1) is 0 Å². The summed E-state index contributed by atoms with van der Waals surface area (Å²) in [5.74, 6) is 0. The standard InChI is InChI=1S/C7H18O4Si.C7H18O3Si/c1-4-9-12(7-8,10-5-2)11-6-3;1-5-8-11(4,9-6-2)10-7-3/h8H,4-7H2,1-3H3;5-7H2,1-4H3. The van der Waals surface area contributed by atoms with Crippen LogP contribution in [0.4, 0.5) is 0 Å². The second-order valence-corrected chi connectivity index (χ2v) is 9.44. The minimum Gasteiger partial charge on any atom is -0.392 e. The molecule has 0 aliphatic heterocycles. The Morgan fingerprint density at radius 1 is 0.565 bits per heavy atom. The first-order valence-electron chi connectivity index (χ1n) is 8.37. The summed E-state index contributed by atoms with van der Waals surface area (Å²) in [5, 5.41) is 9.06. The van der Waals surface area contributed by atoms with Crippen LogP contribution in [0.15, 0.2) is 0 Å². The van der Waals surface area contributed by atoms with Crippen molar-refractivity contribution in [3.63, 3.8) is 0 Å². The first kappa shape index (κ1) is 25.4. The lowest BCUT2D eigenvalue weighted by Crippen LogP contribution is -2.50. The summed E-state index contributed by atoms with van der Waals surface area (Å²) in [4.78, 5) is 0. The Bertz CT molecular complexity index is 223. The molecule has 0 fully saturated rings. The van der Waals surface area contributed by atoms with Gasteiger partial charge in [0.1, 0.15) is 6.23 Å². The average molecular weight is 373 g/mol. The van der Waals surface area contributed by atoms with Crippen LogP contribution >= 0.6 is 0 Å². The van der Waals surface area contributed by atoms with Crippen LogP contribution < -0.4 is 0 Å². The molecule has 0 aromatic rings. The Kier molecular flexibility index (Phi) is 17.3. The zero-order valence-corrected chi connectivity index (χ0v) is 17.8. The average Bonchev–Trinajstić information content (AvgIpc) is 2.49. The van der Waals surface area contributed by atoms with Crippen LogP contribution in [0.3, 0.4) is 0 Å². The highest BCUT2D eigenvalue weighted by Gasteiger charge is 2.39. The minimum absolute atomic E-state index is 0.150. The van der Waals surface area contributed by atoms with Crippen molar-refractivity contribution in [3.8, 4) is 0 Å². The smallest absolute Gasteiger partial charge is 0.392 e. The number of aliphatic hydroxyl groups excluding tert-OH is 1. The van der Waals surface area contributed by atoms with E-state index in [9.17, 15) is 0 Å². The van der Waals surface area contributed by atoms with E-state index in [0.29, 0.717) is 39.6 Å². The quantitative estimate of drug-likeness (QED) is 0.497. The maximum Gasteiger partial charge on any atom is 0.527 e. The maximum atomic E-state index is 9.06. The summed E-state index contributed by atoms with van der Waals surface area (Å²) in [6.07, 6.45) is -0.150. The fourth-order valence-corrected chi connectivity index (χ4v) is 5.50. The normalized spacial score (nSPS) is 12.0. The van der Waals surface area contributed by atoms with Gasteiger partial charge in [-0.25, -0.2) is 0 Å². The molecule has 1 N–H and O–H groups in total. The molecular weight excluding hydrogens is 336 g/mol. The Hall–Kier alpha value is 0.154. The molecule has 0 amide bonds. The van der Waals surface area contributed by atoms with Gasteiger partial charge in [0.2, 0.25) is 0 Å². The molecule has 9 heteroatoms. The van der Waals surface area contributed by atoms with Crippen LogP contribution in [0.1, 0.15) is 41.5 Å². The molecule has 23 heavy (non-hydrogen) atoms. The molecule has 0 aromatic heterocycles. The Balaban J connectivity index is 0. The molecule has 0 aliphatic carbocycles. The molecule has 0 unspecified atom stereocenters. The van der Waals surface area contributed by atoms with Gasteiger partial charge in [-0.2, -0.15) is 0 Å². The molecule has 0 aromatic carbocycles. The van der Waals surface area contributed by atoms with E-state index in [1.54, 1.807) is 0 Å². The van der Waals surface area contributed by atoms with E-state index >= 15 is 0 Å². The minimum atomic E-state index is -2.71. The summed E-state index contributed by atoms with van der Waals surface area (Å²) in [6.45, 7) is 16.8. The first-order valence-corrected chi connectivity index (χ1v) is 12.5. The fraction of sp³-hybridized carbons (Fsp3) is 1.00. The zero-order valence-electron chi connectivity index (χ0n) is 15.8. The van der Waals surface area contributed by atoms with Gasteiger partial charge >= 0.3 is 17.6 Å². The van der Waals surface area contributed by atoms with E-state index in [4.69, 9.17) is 31.7 Å². The van der Waals surface area contributed by atoms with Crippen molar-refractivity contribution in [1.82, 2.24) is 0 Å². The molecule has 0 saturated carbocycles. The third kappa shape index (κ3) is 12.2. The molecule has 142 valence electrons. The van der Waals surface area contributed by atoms with Gasteiger partial charge in [0.05, 0.1) is 0 Å². The van der Waals surface area contributed by atoms with Crippen LogP contribution in [0.25, 0.3) is 0 Å². The van der Waals surface area contributed by atoms with Gasteiger partial charge in [-0.15, -0.1) is 0 Å². The number of hydrogen-bond donors (Lipinski definition) is 1. The lowest BCUT2D eigenvalue weighted by Gasteiger charge is -2.25. The molecule has 0 aliphatic rings. The highest BCUT2D eigenvalue weighted by molar-refractivity contribution is 6.60. The summed E-state index contributed by atoms with van der Waals surface area (Å²) in [6, 6.07) is 0. The van der Waals surface area contributed by atoms with E-state index in [0.717, 1.165) is 0 Å². The van der Waals surface area contributed by atoms with Crippen LogP contribution in [-0.4, -0.2) is 68.6 Å². The van der Waals surface area contributed by atoms with Crippen molar-refractivity contribution in [2.45, 2.75) is 48.1 Å². The van der Waals surface area contributed by atoms with Gasteiger partial charge in [0, 0.05) is 46.2 Å². The first-order chi connectivity index (χ1) is 10.9. The molecular formula is C14H36O7Si2. The number of hydrogen-bond acceptors (Lipinski definition) is 7. The van der Waals surface area contributed by atoms with Gasteiger partial charge in [-0.3, -0.25) is 0 Å². The summed E-state index contributed by atoms with van der Waals surface area (Å²) < 4.78 is 32.1. The van der Waals surface area contributed by atoms with Crippen LogP contribution in [0.5, 0.6) is 0 Å². The molecule has 0 bridgehead atoms. The van der Waals surface area contributed by atoms with Gasteiger partial charge in [0.15, 0.2) is 0 Å². The Morgan fingerprint density at radius 3 is 1.00 bits per heavy atom. The van der Waals surface area contributed by atoms with E-state index in [-0.39, 0.29) is 6.23 Å². The lowest BCUT2D eigenvalue weighted by atomic mass is 10.9. The van der Waals surface area contributed by atoms with Gasteiger partial charge in [-0.1, -0.05) is 0 Å². The summed E-state index contributed by atoms with van der Waals surface area (Å²) in [5.41, 5.74) is 0. The van der Waals surface area contributed by atoms with E-state index < -0.39 is 17.6 Å².